The summed E-state index contributed by atoms with van der Waals surface area (Å²) in [7, 11) is 0. The number of benzene rings is 1. The number of halogens is 4. The van der Waals surface area contributed by atoms with E-state index in [1.165, 1.54) is 29.5 Å². The van der Waals surface area contributed by atoms with Gasteiger partial charge in [0.15, 0.2) is 5.13 Å². The molecule has 1 saturated carbocycles. The first-order chi connectivity index (χ1) is 15.3. The lowest BCUT2D eigenvalue weighted by molar-refractivity contribution is -0.187. The van der Waals surface area contributed by atoms with Gasteiger partial charge < -0.3 is 0 Å². The van der Waals surface area contributed by atoms with Gasteiger partial charge in [-0.15, -0.1) is 21.6 Å². The van der Waals surface area contributed by atoms with Crippen molar-refractivity contribution in [3.63, 3.8) is 0 Å². The number of aromatic nitrogens is 1. The SMILES string of the molecule is O=C(Nc1nccs1)/C(=C/C1CCCCC1)c1ccc(C2(C(F)(F)F)N=NN=N2)c(Cl)c1. The number of carbonyl (C=O) groups is 1. The van der Waals surface area contributed by atoms with Crippen LogP contribution in [0.15, 0.2) is 56.5 Å². The molecule has 32 heavy (non-hydrogen) atoms. The number of allylic oxidation sites excluding steroid dienone is 1. The number of hydrogen-bond acceptors (Lipinski definition) is 7. The number of hydrogen-bond donors (Lipinski definition) is 1. The third-order valence-corrected chi connectivity index (χ3v) is 6.42. The van der Waals surface area contributed by atoms with E-state index in [0.29, 0.717) is 16.3 Å². The number of amides is 1. The molecular weight excluding hydrogens is 465 g/mol. The highest BCUT2D eigenvalue weighted by atomic mass is 35.5. The molecule has 1 aromatic heterocycles. The Morgan fingerprint density at radius 1 is 1.19 bits per heavy atom. The van der Waals surface area contributed by atoms with Gasteiger partial charge in [-0.25, -0.2) is 4.98 Å². The molecule has 1 aromatic carbocycles. The number of nitrogens with one attached hydrogen (secondary N) is 1. The zero-order valence-electron chi connectivity index (χ0n) is 16.6. The maximum absolute atomic E-state index is 13.7. The lowest BCUT2D eigenvalue weighted by Gasteiger charge is -2.24. The average molecular weight is 483 g/mol. The summed E-state index contributed by atoms with van der Waals surface area (Å²) in [6, 6.07) is 3.90. The van der Waals surface area contributed by atoms with Crippen LogP contribution in [0.25, 0.3) is 5.57 Å². The normalized spacial score (nSPS) is 18.8. The van der Waals surface area contributed by atoms with Crippen LogP contribution in [0, 0.1) is 5.92 Å². The molecule has 12 heteroatoms. The monoisotopic (exact) mass is 482 g/mol. The first-order valence-electron chi connectivity index (χ1n) is 9.94. The second-order valence-corrected chi connectivity index (χ2v) is 8.82. The number of carbonyl (C=O) groups excluding carboxylic acids is 1. The van der Waals surface area contributed by atoms with Gasteiger partial charge in [0.2, 0.25) is 0 Å². The standard InChI is InChI=1S/C20H18ClF3N6OS/c21-16-11-13(6-7-15(16)19(20(22,23)24)27-29-30-28-19)14(10-12-4-2-1-3-5-12)17(31)26-18-25-8-9-32-18/h6-12H,1-5H2,(H,25,26,31)/b14-10+. The fourth-order valence-electron chi connectivity index (χ4n) is 3.82. The molecule has 1 fully saturated rings. The molecule has 2 aromatic rings. The van der Waals surface area contributed by atoms with E-state index in [4.69, 9.17) is 11.6 Å². The van der Waals surface area contributed by atoms with Crippen LogP contribution in [0.4, 0.5) is 18.3 Å². The van der Waals surface area contributed by atoms with Gasteiger partial charge in [0.25, 0.3) is 5.91 Å². The van der Waals surface area contributed by atoms with Crippen LogP contribution in [0.5, 0.6) is 0 Å². The van der Waals surface area contributed by atoms with E-state index in [0.717, 1.165) is 32.1 Å². The quantitative estimate of drug-likeness (QED) is 0.467. The van der Waals surface area contributed by atoms with Gasteiger partial charge in [-0.3, -0.25) is 10.1 Å². The van der Waals surface area contributed by atoms with Crippen LogP contribution in [-0.4, -0.2) is 17.1 Å². The van der Waals surface area contributed by atoms with Crippen LogP contribution >= 0.6 is 22.9 Å². The van der Waals surface area contributed by atoms with Gasteiger partial charge >= 0.3 is 11.8 Å². The fourth-order valence-corrected chi connectivity index (χ4v) is 4.65. The molecular formula is C20H18ClF3N6OS. The minimum Gasteiger partial charge on any atom is -0.298 e. The molecule has 0 spiro atoms. The largest absolute Gasteiger partial charge is 0.442 e. The topological polar surface area (TPSA) is 91.4 Å². The van der Waals surface area contributed by atoms with E-state index < -0.39 is 23.3 Å². The molecule has 1 N–H and O–H groups in total. The van der Waals surface area contributed by atoms with E-state index in [-0.39, 0.29) is 10.9 Å². The summed E-state index contributed by atoms with van der Waals surface area (Å²) in [5.74, 6) is -0.210. The number of nitrogens with zero attached hydrogens (tertiary/aromatic N) is 5. The Kier molecular flexibility index (Phi) is 6.38. The summed E-state index contributed by atoms with van der Waals surface area (Å²) in [5.41, 5.74) is -2.67. The molecule has 7 nitrogen and oxygen atoms in total. The van der Waals surface area contributed by atoms with Crippen LogP contribution < -0.4 is 5.32 Å². The predicted octanol–water partition coefficient (Wildman–Crippen LogP) is 6.95. The molecule has 1 aliphatic carbocycles. The third-order valence-electron chi connectivity index (χ3n) is 5.42. The molecule has 0 atom stereocenters. The van der Waals surface area contributed by atoms with Crippen molar-refractivity contribution in [3.05, 3.63) is 52.0 Å². The molecule has 4 rings (SSSR count). The highest BCUT2D eigenvalue weighted by Crippen LogP contribution is 2.48. The number of anilines is 1. The van der Waals surface area contributed by atoms with E-state index in [2.05, 4.69) is 31.0 Å². The average Bonchev–Trinajstić information content (AvgIpc) is 3.45. The molecule has 0 radical (unpaired) electrons. The maximum atomic E-state index is 13.7. The van der Waals surface area contributed by atoms with Crippen molar-refractivity contribution in [1.29, 1.82) is 0 Å². The number of alkyl halides is 3. The molecule has 1 aliphatic heterocycles. The molecule has 1 amide bonds. The van der Waals surface area contributed by atoms with Crippen LogP contribution in [0.1, 0.15) is 43.2 Å². The van der Waals surface area contributed by atoms with Crippen molar-refractivity contribution in [2.45, 2.75) is 43.9 Å². The van der Waals surface area contributed by atoms with E-state index >= 15 is 0 Å². The van der Waals surface area contributed by atoms with Crippen molar-refractivity contribution in [3.8, 4) is 0 Å². The van der Waals surface area contributed by atoms with Gasteiger partial charge in [-0.1, -0.05) is 49.1 Å². The van der Waals surface area contributed by atoms with Gasteiger partial charge in [-0.05, 0) is 40.8 Å². The number of rotatable bonds is 5. The Hall–Kier alpha value is -2.66. The van der Waals surface area contributed by atoms with Crippen LogP contribution in [-0.2, 0) is 10.5 Å². The summed E-state index contributed by atoms with van der Waals surface area (Å²) in [5, 5.41) is 17.2. The summed E-state index contributed by atoms with van der Waals surface area (Å²) in [6.45, 7) is 0. The molecule has 168 valence electrons. The second kappa shape index (κ2) is 9.07. The van der Waals surface area contributed by atoms with Crippen molar-refractivity contribution >= 4 is 39.5 Å². The Morgan fingerprint density at radius 3 is 2.50 bits per heavy atom. The van der Waals surface area contributed by atoms with Gasteiger partial charge in [0.05, 0.1) is 0 Å². The first-order valence-corrected chi connectivity index (χ1v) is 11.2. The first kappa shape index (κ1) is 22.5. The van der Waals surface area contributed by atoms with E-state index in [1.54, 1.807) is 11.6 Å². The Labute approximate surface area is 190 Å². The third kappa shape index (κ3) is 4.44. The highest BCUT2D eigenvalue weighted by Gasteiger charge is 2.61. The Bertz CT molecular complexity index is 1070. The highest BCUT2D eigenvalue weighted by molar-refractivity contribution is 7.13. The lowest BCUT2D eigenvalue weighted by Crippen LogP contribution is -2.37. The lowest BCUT2D eigenvalue weighted by atomic mass is 9.86. The van der Waals surface area contributed by atoms with Gasteiger partial charge in [0, 0.05) is 27.7 Å². The minimum absolute atomic E-state index is 0.193. The van der Waals surface area contributed by atoms with Crippen molar-refractivity contribution in [2.24, 2.45) is 26.6 Å². The molecule has 0 bridgehead atoms. The van der Waals surface area contributed by atoms with Gasteiger partial charge in [-0.2, -0.15) is 13.2 Å². The molecule has 2 heterocycles. The molecule has 2 aliphatic rings. The summed E-state index contributed by atoms with van der Waals surface area (Å²) in [4.78, 5) is 17.1. The summed E-state index contributed by atoms with van der Waals surface area (Å²) >= 11 is 7.53. The predicted molar refractivity (Wildman–Crippen MR) is 114 cm³/mol. The summed E-state index contributed by atoms with van der Waals surface area (Å²) < 4.78 is 41.2. The maximum Gasteiger partial charge on any atom is 0.442 e. The van der Waals surface area contributed by atoms with Crippen molar-refractivity contribution < 1.29 is 18.0 Å². The van der Waals surface area contributed by atoms with Crippen molar-refractivity contribution in [1.82, 2.24) is 4.98 Å². The minimum atomic E-state index is -4.88. The van der Waals surface area contributed by atoms with Crippen LogP contribution in [0.2, 0.25) is 5.02 Å². The smallest absolute Gasteiger partial charge is 0.298 e. The summed E-state index contributed by atoms with van der Waals surface area (Å²) in [6.07, 6.45) is 3.72. The number of thiazole rings is 1. The molecule has 0 saturated heterocycles. The Morgan fingerprint density at radius 2 is 1.91 bits per heavy atom. The van der Waals surface area contributed by atoms with E-state index in [9.17, 15) is 18.0 Å². The van der Waals surface area contributed by atoms with Crippen molar-refractivity contribution in [2.75, 3.05) is 5.32 Å². The zero-order chi connectivity index (χ0) is 22.8. The second-order valence-electron chi connectivity index (χ2n) is 7.51. The zero-order valence-corrected chi connectivity index (χ0v) is 18.2. The molecule has 0 unspecified atom stereocenters. The Balaban J connectivity index is 1.72. The van der Waals surface area contributed by atoms with Gasteiger partial charge in [0.1, 0.15) is 0 Å². The fraction of sp³-hybridized carbons (Fsp3) is 0.400. The van der Waals surface area contributed by atoms with E-state index in [1.807, 2.05) is 6.08 Å². The van der Waals surface area contributed by atoms with Crippen LogP contribution in [0.3, 0.4) is 0 Å².